The lowest BCUT2D eigenvalue weighted by molar-refractivity contribution is -0.144. The van der Waals surface area contributed by atoms with Crippen LogP contribution < -0.4 is 5.32 Å². The molecule has 0 bridgehead atoms. The van der Waals surface area contributed by atoms with Gasteiger partial charge < -0.3 is 15.2 Å². The van der Waals surface area contributed by atoms with E-state index in [-0.39, 0.29) is 12.2 Å². The molecule has 2 N–H and O–H groups in total. The second kappa shape index (κ2) is 7.78. The Hall–Kier alpha value is -2.89. The Kier molecular flexibility index (Phi) is 5.88. The van der Waals surface area contributed by atoms with E-state index in [1.54, 1.807) is 57.2 Å². The maximum atomic E-state index is 13.4. The van der Waals surface area contributed by atoms with Crippen molar-refractivity contribution in [2.75, 3.05) is 0 Å². The summed E-state index contributed by atoms with van der Waals surface area (Å²) in [6.45, 7) is 6.54. The van der Waals surface area contributed by atoms with E-state index in [4.69, 9.17) is 4.74 Å². The largest absolute Gasteiger partial charge is 0.480 e. The Morgan fingerprint density at radius 2 is 1.67 bits per heavy atom. The third kappa shape index (κ3) is 5.81. The van der Waals surface area contributed by atoms with Crippen LogP contribution in [-0.4, -0.2) is 28.3 Å². The average molecular weight is 373 g/mol. The number of hydrogen-bond donors (Lipinski definition) is 2. The fourth-order valence-corrected chi connectivity index (χ4v) is 2.59. The molecule has 0 spiro atoms. The molecular formula is C21H24FNO4. The molecule has 0 heterocycles. The average Bonchev–Trinajstić information content (AvgIpc) is 2.53. The highest BCUT2D eigenvalue weighted by Gasteiger charge is 2.36. The van der Waals surface area contributed by atoms with Gasteiger partial charge in [0, 0.05) is 6.42 Å². The molecule has 0 saturated carbocycles. The summed E-state index contributed by atoms with van der Waals surface area (Å²) < 4.78 is 18.5. The highest BCUT2D eigenvalue weighted by molar-refractivity contribution is 5.84. The number of ether oxygens (including phenoxy) is 1. The number of amides is 1. The van der Waals surface area contributed by atoms with E-state index < -0.39 is 23.2 Å². The standard InChI is InChI=1S/C21H24FNO4/c1-20(2,3)27-19(26)23-21(4,18(24)25)13-14-8-10-15(11-9-14)16-6-5-7-17(22)12-16/h5-12H,13H2,1-4H3,(H,23,26)(H,24,25). The first-order valence-corrected chi connectivity index (χ1v) is 8.58. The highest BCUT2D eigenvalue weighted by atomic mass is 19.1. The molecule has 0 aromatic heterocycles. The second-order valence-corrected chi connectivity index (χ2v) is 7.65. The van der Waals surface area contributed by atoms with Crippen LogP contribution in [0.25, 0.3) is 11.1 Å². The molecule has 1 amide bonds. The van der Waals surface area contributed by atoms with Gasteiger partial charge in [0.2, 0.25) is 0 Å². The predicted molar refractivity (Wildman–Crippen MR) is 101 cm³/mol. The van der Waals surface area contributed by atoms with Gasteiger partial charge in [0.1, 0.15) is 17.0 Å². The fourth-order valence-electron chi connectivity index (χ4n) is 2.59. The van der Waals surface area contributed by atoms with Crippen LogP contribution in [0.2, 0.25) is 0 Å². The number of benzene rings is 2. The summed E-state index contributed by atoms with van der Waals surface area (Å²) in [6.07, 6.45) is -0.714. The minimum atomic E-state index is -1.53. The van der Waals surface area contributed by atoms with E-state index in [9.17, 15) is 19.1 Å². The van der Waals surface area contributed by atoms with E-state index in [0.717, 1.165) is 16.7 Å². The first kappa shape index (κ1) is 20.4. The molecule has 0 aliphatic carbocycles. The van der Waals surface area contributed by atoms with Crippen molar-refractivity contribution in [1.82, 2.24) is 5.32 Å². The van der Waals surface area contributed by atoms with Gasteiger partial charge in [-0.25, -0.2) is 14.0 Å². The van der Waals surface area contributed by atoms with E-state index in [1.165, 1.54) is 19.1 Å². The van der Waals surface area contributed by atoms with Crippen LogP contribution in [0.15, 0.2) is 48.5 Å². The zero-order chi connectivity index (χ0) is 20.2. The number of nitrogens with one attached hydrogen (secondary N) is 1. The molecule has 1 unspecified atom stereocenters. The zero-order valence-corrected chi connectivity index (χ0v) is 15.9. The molecule has 2 rings (SSSR count). The summed E-state index contributed by atoms with van der Waals surface area (Å²) in [5.74, 6) is -1.49. The smallest absolute Gasteiger partial charge is 0.408 e. The van der Waals surface area contributed by atoms with E-state index in [2.05, 4.69) is 5.32 Å². The number of carbonyl (C=O) groups is 2. The summed E-state index contributed by atoms with van der Waals surface area (Å²) in [5.41, 5.74) is 0.0136. The summed E-state index contributed by atoms with van der Waals surface area (Å²) >= 11 is 0. The molecule has 5 nitrogen and oxygen atoms in total. The summed E-state index contributed by atoms with van der Waals surface area (Å²) in [6, 6.07) is 13.3. The molecule has 2 aromatic carbocycles. The molecule has 0 saturated heterocycles. The van der Waals surface area contributed by atoms with Gasteiger partial charge in [0.25, 0.3) is 0 Å². The highest BCUT2D eigenvalue weighted by Crippen LogP contribution is 2.22. The van der Waals surface area contributed by atoms with Crippen LogP contribution in [0.5, 0.6) is 0 Å². The lowest BCUT2D eigenvalue weighted by Crippen LogP contribution is -2.54. The SMILES string of the molecule is CC(C)(C)OC(=O)NC(C)(Cc1ccc(-c2cccc(F)c2)cc1)C(=O)O. The van der Waals surface area contributed by atoms with Crippen LogP contribution in [-0.2, 0) is 16.0 Å². The first-order valence-electron chi connectivity index (χ1n) is 8.58. The monoisotopic (exact) mass is 373 g/mol. The van der Waals surface area contributed by atoms with Crippen molar-refractivity contribution >= 4 is 12.1 Å². The van der Waals surface area contributed by atoms with Crippen LogP contribution >= 0.6 is 0 Å². The molecule has 0 aliphatic heterocycles. The molecule has 6 heteroatoms. The molecule has 1 atom stereocenters. The zero-order valence-electron chi connectivity index (χ0n) is 15.9. The van der Waals surface area contributed by atoms with Crippen molar-refractivity contribution in [3.05, 3.63) is 59.9 Å². The van der Waals surface area contributed by atoms with Gasteiger partial charge in [-0.1, -0.05) is 36.4 Å². The number of aliphatic carboxylic acids is 1. The number of carbonyl (C=O) groups excluding carboxylic acids is 1. The van der Waals surface area contributed by atoms with Crippen molar-refractivity contribution in [3.8, 4) is 11.1 Å². The lowest BCUT2D eigenvalue weighted by Gasteiger charge is -2.28. The van der Waals surface area contributed by atoms with Gasteiger partial charge in [0.05, 0.1) is 0 Å². The fraction of sp³-hybridized carbons (Fsp3) is 0.333. The maximum absolute atomic E-state index is 13.4. The number of hydrogen-bond acceptors (Lipinski definition) is 3. The minimum Gasteiger partial charge on any atom is -0.480 e. The topological polar surface area (TPSA) is 75.6 Å². The molecule has 0 radical (unpaired) electrons. The van der Waals surface area contributed by atoms with Crippen molar-refractivity contribution in [3.63, 3.8) is 0 Å². The Balaban J connectivity index is 2.16. The third-order valence-electron chi connectivity index (χ3n) is 3.92. The van der Waals surface area contributed by atoms with Crippen LogP contribution in [0, 0.1) is 5.82 Å². The Bertz CT molecular complexity index is 827. The van der Waals surface area contributed by atoms with E-state index in [1.807, 2.05) is 0 Å². The van der Waals surface area contributed by atoms with Gasteiger partial charge in [-0.15, -0.1) is 0 Å². The van der Waals surface area contributed by atoms with Crippen molar-refractivity contribution in [2.24, 2.45) is 0 Å². The molecule has 144 valence electrons. The van der Waals surface area contributed by atoms with Gasteiger partial charge in [-0.05, 0) is 56.5 Å². The lowest BCUT2D eigenvalue weighted by atomic mass is 9.92. The van der Waals surface area contributed by atoms with Crippen molar-refractivity contribution in [1.29, 1.82) is 0 Å². The van der Waals surface area contributed by atoms with Gasteiger partial charge in [-0.2, -0.15) is 0 Å². The Morgan fingerprint density at radius 3 is 2.19 bits per heavy atom. The molecular weight excluding hydrogens is 349 g/mol. The van der Waals surface area contributed by atoms with Crippen molar-refractivity contribution in [2.45, 2.75) is 45.3 Å². The second-order valence-electron chi connectivity index (χ2n) is 7.65. The predicted octanol–water partition coefficient (Wildman–Crippen LogP) is 4.40. The van der Waals surface area contributed by atoms with Crippen LogP contribution in [0.3, 0.4) is 0 Å². The first-order chi connectivity index (χ1) is 12.5. The number of carboxylic acids is 1. The number of rotatable bonds is 5. The Labute approximate surface area is 158 Å². The normalized spacial score (nSPS) is 13.5. The molecule has 27 heavy (non-hydrogen) atoms. The van der Waals surface area contributed by atoms with Crippen molar-refractivity contribution < 1.29 is 23.8 Å². The number of alkyl carbamates (subject to hydrolysis) is 1. The maximum Gasteiger partial charge on any atom is 0.408 e. The van der Waals surface area contributed by atoms with Crippen LogP contribution in [0.1, 0.15) is 33.3 Å². The van der Waals surface area contributed by atoms with Gasteiger partial charge in [0.15, 0.2) is 0 Å². The Morgan fingerprint density at radius 1 is 1.04 bits per heavy atom. The molecule has 0 fully saturated rings. The summed E-state index contributed by atoms with van der Waals surface area (Å²) in [4.78, 5) is 23.7. The van der Waals surface area contributed by atoms with Crippen LogP contribution in [0.4, 0.5) is 9.18 Å². The van der Waals surface area contributed by atoms with Gasteiger partial charge in [-0.3, -0.25) is 0 Å². The van der Waals surface area contributed by atoms with E-state index in [0.29, 0.717) is 0 Å². The summed E-state index contributed by atoms with van der Waals surface area (Å²) in [7, 11) is 0. The quantitative estimate of drug-likeness (QED) is 0.814. The molecule has 0 aliphatic rings. The molecule has 2 aromatic rings. The summed E-state index contributed by atoms with van der Waals surface area (Å²) in [5, 5.41) is 12.0. The van der Waals surface area contributed by atoms with E-state index >= 15 is 0 Å². The minimum absolute atomic E-state index is 0.0744. The third-order valence-corrected chi connectivity index (χ3v) is 3.92. The number of carboxylic acid groups (broad SMARTS) is 1. The number of halogens is 1. The van der Waals surface area contributed by atoms with Gasteiger partial charge >= 0.3 is 12.1 Å².